The van der Waals surface area contributed by atoms with E-state index in [0.717, 1.165) is 5.39 Å². The fourth-order valence-electron chi connectivity index (χ4n) is 2.91. The molecule has 0 heterocycles. The Morgan fingerprint density at radius 1 is 0.903 bits per heavy atom. The van der Waals surface area contributed by atoms with Crippen molar-refractivity contribution in [1.82, 2.24) is 0 Å². The van der Waals surface area contributed by atoms with Crippen molar-refractivity contribution in [3.63, 3.8) is 0 Å². The number of guanidine groups is 1. The van der Waals surface area contributed by atoms with E-state index in [1.54, 1.807) is 42.5 Å². The highest BCUT2D eigenvalue weighted by molar-refractivity contribution is 6.03. The van der Waals surface area contributed by atoms with Crippen molar-refractivity contribution < 1.29 is 14.3 Å². The van der Waals surface area contributed by atoms with Crippen LogP contribution in [0.25, 0.3) is 16.8 Å². The van der Waals surface area contributed by atoms with E-state index in [4.69, 9.17) is 33.1 Å². The van der Waals surface area contributed by atoms with Crippen LogP contribution in [0.2, 0.25) is 0 Å². The van der Waals surface area contributed by atoms with E-state index >= 15 is 0 Å². The zero-order valence-corrected chi connectivity index (χ0v) is 16.3. The summed E-state index contributed by atoms with van der Waals surface area (Å²) >= 11 is 0. The van der Waals surface area contributed by atoms with Crippen LogP contribution in [0.15, 0.2) is 65.7 Å². The van der Waals surface area contributed by atoms with Crippen LogP contribution < -0.4 is 27.7 Å². The lowest BCUT2D eigenvalue weighted by atomic mass is 10.00. The molecule has 9 N–H and O–H groups in total. The van der Waals surface area contributed by atoms with Crippen molar-refractivity contribution in [2.75, 3.05) is 0 Å². The van der Waals surface area contributed by atoms with Gasteiger partial charge in [-0.15, -0.1) is 0 Å². The van der Waals surface area contributed by atoms with Crippen molar-refractivity contribution in [3.05, 3.63) is 77.4 Å². The Balaban J connectivity index is 2.00. The number of nitrogens with two attached hydrogens (primary N) is 4. The van der Waals surface area contributed by atoms with Gasteiger partial charge in [-0.1, -0.05) is 18.2 Å². The molecular formula is C22H20N6O3. The number of aliphatic imine (C=N–C) groups is 1. The number of amidine groups is 1. The summed E-state index contributed by atoms with van der Waals surface area (Å²) in [6.45, 7) is 0. The maximum atomic E-state index is 12.6. The first-order valence-corrected chi connectivity index (χ1v) is 9.05. The molecule has 0 saturated heterocycles. The molecule has 0 aliphatic rings. The molecule has 0 unspecified atom stereocenters. The molecule has 0 aliphatic carbocycles. The first-order chi connectivity index (χ1) is 14.7. The second-order valence-electron chi connectivity index (χ2n) is 6.54. The van der Waals surface area contributed by atoms with Gasteiger partial charge >= 0.3 is 5.97 Å². The van der Waals surface area contributed by atoms with E-state index in [9.17, 15) is 9.59 Å². The van der Waals surface area contributed by atoms with Crippen molar-refractivity contribution in [2.24, 2.45) is 27.9 Å². The van der Waals surface area contributed by atoms with E-state index in [2.05, 4.69) is 4.99 Å². The number of nitrogens with zero attached hydrogens (tertiary/aromatic N) is 1. The van der Waals surface area contributed by atoms with Gasteiger partial charge in [-0.3, -0.25) is 10.2 Å². The van der Waals surface area contributed by atoms with Crippen LogP contribution in [0, 0.1) is 5.41 Å². The quantitative estimate of drug-likeness (QED) is 0.134. The molecule has 3 aromatic rings. The summed E-state index contributed by atoms with van der Waals surface area (Å²) in [4.78, 5) is 27.8. The number of hydrogen-bond acceptors (Lipinski definition) is 5. The predicted molar refractivity (Wildman–Crippen MR) is 120 cm³/mol. The number of nitrogens with one attached hydrogen (secondary N) is 1. The summed E-state index contributed by atoms with van der Waals surface area (Å²) in [5.41, 5.74) is 23.3. The molecule has 0 atom stereocenters. The molecule has 0 radical (unpaired) electrons. The fraction of sp³-hybridized carbons (Fsp3) is 0. The van der Waals surface area contributed by atoms with Gasteiger partial charge in [0.1, 0.15) is 11.6 Å². The second kappa shape index (κ2) is 8.78. The molecule has 9 nitrogen and oxygen atoms in total. The van der Waals surface area contributed by atoms with Gasteiger partial charge in [-0.25, -0.2) is 9.79 Å². The second-order valence-corrected chi connectivity index (χ2v) is 6.54. The van der Waals surface area contributed by atoms with Crippen LogP contribution in [-0.4, -0.2) is 23.7 Å². The number of carbonyl (C=O) groups is 2. The number of amides is 1. The molecule has 3 rings (SSSR count). The number of primary amides is 1. The zero-order valence-electron chi connectivity index (χ0n) is 16.3. The normalized spacial score (nSPS) is 10.7. The Labute approximate surface area is 177 Å². The van der Waals surface area contributed by atoms with Gasteiger partial charge in [-0.2, -0.15) is 0 Å². The Morgan fingerprint density at radius 2 is 1.58 bits per heavy atom. The lowest BCUT2D eigenvalue weighted by Crippen LogP contribution is -2.21. The first kappa shape index (κ1) is 21.1. The molecule has 1 amide bonds. The minimum Gasteiger partial charge on any atom is -0.422 e. The largest absolute Gasteiger partial charge is 0.422 e. The third-order valence-corrected chi connectivity index (χ3v) is 4.31. The minimum absolute atomic E-state index is 0.0733. The monoisotopic (exact) mass is 416 g/mol. The van der Waals surface area contributed by atoms with E-state index in [0.29, 0.717) is 22.2 Å². The highest BCUT2D eigenvalue weighted by atomic mass is 16.5. The molecule has 0 fully saturated rings. The lowest BCUT2D eigenvalue weighted by molar-refractivity contribution is -0.113. The number of nitrogen functional groups attached to an aromatic ring is 1. The average molecular weight is 416 g/mol. The number of esters is 1. The molecular weight excluding hydrogens is 396 g/mol. The van der Waals surface area contributed by atoms with Gasteiger partial charge < -0.3 is 27.7 Å². The van der Waals surface area contributed by atoms with E-state index < -0.39 is 11.9 Å². The third kappa shape index (κ3) is 5.04. The molecule has 0 spiro atoms. The summed E-state index contributed by atoms with van der Waals surface area (Å²) in [6.07, 6.45) is 2.65. The molecule has 0 aliphatic heterocycles. The van der Waals surface area contributed by atoms with Crippen LogP contribution in [0.1, 0.15) is 21.5 Å². The molecule has 3 aromatic carbocycles. The van der Waals surface area contributed by atoms with Crippen molar-refractivity contribution in [1.29, 1.82) is 5.41 Å². The molecule has 0 bridgehead atoms. The number of rotatable bonds is 6. The summed E-state index contributed by atoms with van der Waals surface area (Å²) in [6, 6.07) is 14.7. The maximum Gasteiger partial charge on any atom is 0.343 e. The van der Waals surface area contributed by atoms with Gasteiger partial charge in [0.05, 0.1) is 11.3 Å². The van der Waals surface area contributed by atoms with Crippen LogP contribution in [0.3, 0.4) is 0 Å². The van der Waals surface area contributed by atoms with Gasteiger partial charge in [0.15, 0.2) is 5.96 Å². The van der Waals surface area contributed by atoms with E-state index in [-0.39, 0.29) is 23.1 Å². The minimum atomic E-state index is -0.648. The standard InChI is InChI=1S/C22H20N6O3/c23-19(29)10-8-17-16-7-3-14(20(24)25)11-13(16)4-9-18(17)31-21(30)12-1-5-15(6-2-12)28-22(26)27/h1-11H,(H2,23,29)(H3,24,25)(H4,26,27,28). The molecule has 156 valence electrons. The first-order valence-electron chi connectivity index (χ1n) is 9.05. The van der Waals surface area contributed by atoms with Crippen molar-refractivity contribution >= 4 is 46.2 Å². The van der Waals surface area contributed by atoms with Gasteiger partial charge in [0, 0.05) is 17.2 Å². The average Bonchev–Trinajstić information content (AvgIpc) is 2.72. The van der Waals surface area contributed by atoms with Crippen molar-refractivity contribution in [3.8, 4) is 5.75 Å². The highest BCUT2D eigenvalue weighted by Crippen LogP contribution is 2.31. The van der Waals surface area contributed by atoms with Gasteiger partial charge in [0.25, 0.3) is 0 Å². The fourth-order valence-corrected chi connectivity index (χ4v) is 2.91. The van der Waals surface area contributed by atoms with Crippen molar-refractivity contribution in [2.45, 2.75) is 0 Å². The van der Waals surface area contributed by atoms with E-state index in [1.165, 1.54) is 24.3 Å². The molecule has 0 aromatic heterocycles. The molecule has 31 heavy (non-hydrogen) atoms. The Bertz CT molecular complexity index is 1240. The number of fused-ring (bicyclic) bond motifs is 1. The van der Waals surface area contributed by atoms with Crippen LogP contribution >= 0.6 is 0 Å². The topological polar surface area (TPSA) is 184 Å². The maximum absolute atomic E-state index is 12.6. The summed E-state index contributed by atoms with van der Waals surface area (Å²) < 4.78 is 5.58. The number of hydrogen-bond donors (Lipinski definition) is 5. The predicted octanol–water partition coefficient (Wildman–Crippen LogP) is 1.75. The Morgan fingerprint density at radius 3 is 2.19 bits per heavy atom. The Hall–Kier alpha value is -4.66. The van der Waals surface area contributed by atoms with Gasteiger partial charge in [-0.05, 0) is 53.2 Å². The molecule has 0 saturated carbocycles. The number of carbonyl (C=O) groups excluding carboxylic acids is 2. The summed E-state index contributed by atoms with van der Waals surface area (Å²) in [5.74, 6) is -1.19. The van der Waals surface area contributed by atoms with Crippen LogP contribution in [0.4, 0.5) is 5.69 Å². The highest BCUT2D eigenvalue weighted by Gasteiger charge is 2.14. The third-order valence-electron chi connectivity index (χ3n) is 4.31. The smallest absolute Gasteiger partial charge is 0.343 e. The van der Waals surface area contributed by atoms with Crippen LogP contribution in [-0.2, 0) is 4.79 Å². The van der Waals surface area contributed by atoms with E-state index in [1.807, 2.05) is 0 Å². The number of ether oxygens (including phenoxy) is 1. The molecule has 9 heteroatoms. The summed E-state index contributed by atoms with van der Waals surface area (Å²) in [5, 5.41) is 9.03. The Kier molecular flexibility index (Phi) is 5.97. The number of benzene rings is 3. The summed E-state index contributed by atoms with van der Waals surface area (Å²) in [7, 11) is 0. The lowest BCUT2D eigenvalue weighted by Gasteiger charge is -2.12. The zero-order chi connectivity index (χ0) is 22.5. The van der Waals surface area contributed by atoms with Crippen LogP contribution in [0.5, 0.6) is 5.75 Å². The van der Waals surface area contributed by atoms with Gasteiger partial charge in [0.2, 0.25) is 5.91 Å². The SMILES string of the molecule is N=C(N)c1ccc2c(C=CC(N)=O)c(OC(=O)c3ccc(N=C(N)N)cc3)ccc2c1.